The molecule has 0 fully saturated rings. The molecule has 0 atom stereocenters. The lowest BCUT2D eigenvalue weighted by atomic mass is 10.2. The van der Waals surface area contributed by atoms with Gasteiger partial charge in [-0.3, -0.25) is 0 Å². The maximum absolute atomic E-state index is 13.6. The van der Waals surface area contributed by atoms with Crippen LogP contribution in [0, 0.1) is 17.1 Å². The van der Waals surface area contributed by atoms with Crippen molar-refractivity contribution in [3.63, 3.8) is 0 Å². The quantitative estimate of drug-likeness (QED) is 0.912. The van der Waals surface area contributed by atoms with Crippen LogP contribution in [0.5, 0.6) is 11.6 Å². The molecule has 1 aromatic carbocycles. The van der Waals surface area contributed by atoms with E-state index in [2.05, 4.69) is 15.3 Å². The van der Waals surface area contributed by atoms with Gasteiger partial charge in [-0.25, -0.2) is 14.4 Å². The molecule has 6 heteroatoms. The molecule has 0 spiro atoms. The van der Waals surface area contributed by atoms with Crippen molar-refractivity contribution in [2.45, 2.75) is 6.92 Å². The summed E-state index contributed by atoms with van der Waals surface area (Å²) in [4.78, 5) is 7.88. The van der Waals surface area contributed by atoms with Crippen LogP contribution in [0.3, 0.4) is 0 Å². The molecule has 0 aliphatic rings. The fourth-order valence-corrected chi connectivity index (χ4v) is 1.44. The maximum Gasteiger partial charge on any atom is 0.224 e. The number of rotatable bonds is 4. The van der Waals surface area contributed by atoms with Crippen molar-refractivity contribution < 1.29 is 9.13 Å². The van der Waals surface area contributed by atoms with Crippen LogP contribution in [0.4, 0.5) is 10.2 Å². The molecule has 0 bridgehead atoms. The molecule has 0 radical (unpaired) electrons. The smallest absolute Gasteiger partial charge is 0.224 e. The van der Waals surface area contributed by atoms with Crippen molar-refractivity contribution in [3.05, 3.63) is 42.0 Å². The fraction of sp³-hybridized carbons (Fsp3) is 0.154. The summed E-state index contributed by atoms with van der Waals surface area (Å²) >= 11 is 0. The standard InChI is InChI=1S/C13H11FN4O/c1-2-16-12-6-13(18-8-17-12)19-11-4-3-9(7-15)5-10(11)14/h3-6,8H,2H2,1H3,(H,16,17,18). The molecule has 1 heterocycles. The molecule has 0 aliphatic heterocycles. The third-order valence-electron chi connectivity index (χ3n) is 2.28. The van der Waals surface area contributed by atoms with Gasteiger partial charge in [0, 0.05) is 12.6 Å². The van der Waals surface area contributed by atoms with Crippen LogP contribution < -0.4 is 10.1 Å². The van der Waals surface area contributed by atoms with E-state index in [1.807, 2.05) is 13.0 Å². The van der Waals surface area contributed by atoms with Gasteiger partial charge in [0.2, 0.25) is 5.88 Å². The second kappa shape index (κ2) is 5.78. The highest BCUT2D eigenvalue weighted by atomic mass is 19.1. The molecular formula is C13H11FN4O. The van der Waals surface area contributed by atoms with Crippen molar-refractivity contribution in [3.8, 4) is 17.7 Å². The van der Waals surface area contributed by atoms with Gasteiger partial charge >= 0.3 is 0 Å². The Hall–Kier alpha value is -2.68. The molecule has 0 aliphatic carbocycles. The minimum absolute atomic E-state index is 0.0140. The molecule has 0 saturated carbocycles. The number of aromatic nitrogens is 2. The summed E-state index contributed by atoms with van der Waals surface area (Å²) in [5.74, 6) is 0.235. The highest BCUT2D eigenvalue weighted by Crippen LogP contribution is 2.24. The molecular weight excluding hydrogens is 247 g/mol. The third-order valence-corrected chi connectivity index (χ3v) is 2.28. The molecule has 96 valence electrons. The Balaban J connectivity index is 2.21. The lowest BCUT2D eigenvalue weighted by Crippen LogP contribution is -2.00. The van der Waals surface area contributed by atoms with Crippen molar-refractivity contribution >= 4 is 5.82 Å². The van der Waals surface area contributed by atoms with E-state index >= 15 is 0 Å². The number of nitrogens with one attached hydrogen (secondary N) is 1. The summed E-state index contributed by atoms with van der Waals surface area (Å²) < 4.78 is 19.0. The van der Waals surface area contributed by atoms with E-state index in [4.69, 9.17) is 10.00 Å². The molecule has 19 heavy (non-hydrogen) atoms. The van der Waals surface area contributed by atoms with E-state index in [0.29, 0.717) is 12.4 Å². The highest BCUT2D eigenvalue weighted by Gasteiger charge is 2.07. The van der Waals surface area contributed by atoms with Crippen LogP contribution in [0.2, 0.25) is 0 Å². The van der Waals surface area contributed by atoms with E-state index < -0.39 is 5.82 Å². The number of ether oxygens (including phenoxy) is 1. The molecule has 1 N–H and O–H groups in total. The lowest BCUT2D eigenvalue weighted by molar-refractivity contribution is 0.426. The molecule has 5 nitrogen and oxygen atoms in total. The molecule has 2 aromatic rings. The SMILES string of the molecule is CCNc1cc(Oc2ccc(C#N)cc2F)ncn1. The predicted octanol–water partition coefficient (Wildman–Crippen LogP) is 2.71. The summed E-state index contributed by atoms with van der Waals surface area (Å²) in [6, 6.07) is 7.41. The predicted molar refractivity (Wildman–Crippen MR) is 67.4 cm³/mol. The zero-order chi connectivity index (χ0) is 13.7. The fourth-order valence-electron chi connectivity index (χ4n) is 1.44. The Morgan fingerprint density at radius 2 is 2.21 bits per heavy atom. The van der Waals surface area contributed by atoms with Crippen LogP contribution in [0.15, 0.2) is 30.6 Å². The first-order chi connectivity index (χ1) is 9.22. The van der Waals surface area contributed by atoms with Crippen molar-refractivity contribution in [1.29, 1.82) is 5.26 Å². The number of anilines is 1. The zero-order valence-electron chi connectivity index (χ0n) is 10.2. The van der Waals surface area contributed by atoms with Crippen LogP contribution in [0.1, 0.15) is 12.5 Å². The van der Waals surface area contributed by atoms with Gasteiger partial charge in [-0.05, 0) is 25.1 Å². The van der Waals surface area contributed by atoms with Gasteiger partial charge in [0.25, 0.3) is 0 Å². The Morgan fingerprint density at radius 1 is 1.37 bits per heavy atom. The van der Waals surface area contributed by atoms with E-state index in [9.17, 15) is 4.39 Å². The van der Waals surface area contributed by atoms with Gasteiger partial charge in [-0.1, -0.05) is 0 Å². The summed E-state index contributed by atoms with van der Waals surface area (Å²) in [5.41, 5.74) is 0.237. The normalized spacial score (nSPS) is 9.74. The Labute approximate surface area is 109 Å². The second-order valence-corrected chi connectivity index (χ2v) is 3.63. The van der Waals surface area contributed by atoms with Gasteiger partial charge in [0.05, 0.1) is 11.6 Å². The first kappa shape index (κ1) is 12.8. The molecule has 0 unspecified atom stereocenters. The number of hydrogen-bond acceptors (Lipinski definition) is 5. The molecule has 2 rings (SSSR count). The Kier molecular flexibility index (Phi) is 3.88. The Morgan fingerprint density at radius 3 is 2.89 bits per heavy atom. The number of hydrogen-bond donors (Lipinski definition) is 1. The van der Waals surface area contributed by atoms with Crippen LogP contribution >= 0.6 is 0 Å². The monoisotopic (exact) mass is 258 g/mol. The highest BCUT2D eigenvalue weighted by molar-refractivity contribution is 5.40. The summed E-state index contributed by atoms with van der Waals surface area (Å²) in [6.07, 6.45) is 1.33. The number of nitrogens with zero attached hydrogens (tertiary/aromatic N) is 3. The van der Waals surface area contributed by atoms with Gasteiger partial charge in [0.15, 0.2) is 11.6 Å². The minimum Gasteiger partial charge on any atom is -0.436 e. The first-order valence-electron chi connectivity index (χ1n) is 5.66. The van der Waals surface area contributed by atoms with Crippen LogP contribution in [-0.4, -0.2) is 16.5 Å². The van der Waals surface area contributed by atoms with E-state index in [0.717, 1.165) is 6.07 Å². The van der Waals surface area contributed by atoms with Crippen LogP contribution in [0.25, 0.3) is 0 Å². The molecule has 0 saturated heterocycles. The van der Waals surface area contributed by atoms with Gasteiger partial charge in [0.1, 0.15) is 12.1 Å². The van der Waals surface area contributed by atoms with Crippen molar-refractivity contribution in [2.75, 3.05) is 11.9 Å². The Bertz CT molecular complexity index is 624. The molecule has 0 amide bonds. The molecule has 1 aromatic heterocycles. The van der Waals surface area contributed by atoms with Gasteiger partial charge in [-0.2, -0.15) is 5.26 Å². The van der Waals surface area contributed by atoms with E-state index in [1.54, 1.807) is 6.07 Å². The topological polar surface area (TPSA) is 70.8 Å². The van der Waals surface area contributed by atoms with Crippen molar-refractivity contribution in [2.24, 2.45) is 0 Å². The third kappa shape index (κ3) is 3.16. The summed E-state index contributed by atoms with van der Waals surface area (Å²) in [6.45, 7) is 2.64. The van der Waals surface area contributed by atoms with Crippen molar-refractivity contribution in [1.82, 2.24) is 9.97 Å². The minimum atomic E-state index is -0.609. The van der Waals surface area contributed by atoms with Gasteiger partial charge < -0.3 is 10.1 Å². The average Bonchev–Trinajstić information content (AvgIpc) is 2.42. The largest absolute Gasteiger partial charge is 0.436 e. The number of nitriles is 1. The lowest BCUT2D eigenvalue weighted by Gasteiger charge is -2.07. The summed E-state index contributed by atoms with van der Waals surface area (Å²) in [7, 11) is 0. The average molecular weight is 258 g/mol. The number of halogens is 1. The van der Waals surface area contributed by atoms with E-state index in [-0.39, 0.29) is 17.2 Å². The first-order valence-corrected chi connectivity index (χ1v) is 5.66. The second-order valence-electron chi connectivity index (χ2n) is 3.63. The van der Waals surface area contributed by atoms with Gasteiger partial charge in [-0.15, -0.1) is 0 Å². The number of benzene rings is 1. The van der Waals surface area contributed by atoms with E-state index in [1.165, 1.54) is 18.5 Å². The van der Waals surface area contributed by atoms with Crippen LogP contribution in [-0.2, 0) is 0 Å². The zero-order valence-corrected chi connectivity index (χ0v) is 10.2. The maximum atomic E-state index is 13.6. The summed E-state index contributed by atoms with van der Waals surface area (Å²) in [5, 5.41) is 11.7.